The van der Waals surface area contributed by atoms with Crippen LogP contribution in [0.1, 0.15) is 12.8 Å². The van der Waals surface area contributed by atoms with Gasteiger partial charge in [0.25, 0.3) is 5.69 Å². The number of ether oxygens (including phenoxy) is 1. The molecule has 7 nitrogen and oxygen atoms in total. The Hall–Kier alpha value is -1.93. The molecule has 0 amide bonds. The number of nitrogens with zero attached hydrogens (tertiary/aromatic N) is 4. The highest BCUT2D eigenvalue weighted by Crippen LogP contribution is 2.40. The van der Waals surface area contributed by atoms with Crippen molar-refractivity contribution in [3.05, 3.63) is 22.2 Å². The van der Waals surface area contributed by atoms with Gasteiger partial charge in [-0.15, -0.1) is 0 Å². The third-order valence-corrected chi connectivity index (χ3v) is 5.51. The van der Waals surface area contributed by atoms with Crippen molar-refractivity contribution in [3.63, 3.8) is 0 Å². The Morgan fingerprint density at radius 2 is 2.13 bits per heavy atom. The first-order valence-corrected chi connectivity index (χ1v) is 8.59. The van der Waals surface area contributed by atoms with Gasteiger partial charge in [-0.1, -0.05) is 11.3 Å². The van der Waals surface area contributed by atoms with Gasteiger partial charge in [0.2, 0.25) is 0 Å². The Kier molecular flexibility index (Phi) is 3.57. The van der Waals surface area contributed by atoms with Crippen LogP contribution < -0.4 is 9.80 Å². The summed E-state index contributed by atoms with van der Waals surface area (Å²) in [5.41, 5.74) is 1.68. The fraction of sp³-hybridized carbons (Fsp3) is 0.533. The molecule has 0 N–H and O–H groups in total. The van der Waals surface area contributed by atoms with Crippen LogP contribution in [-0.2, 0) is 4.74 Å². The van der Waals surface area contributed by atoms with Crippen molar-refractivity contribution in [2.45, 2.75) is 18.9 Å². The highest BCUT2D eigenvalue weighted by Gasteiger charge is 2.31. The highest BCUT2D eigenvalue weighted by molar-refractivity contribution is 7.22. The summed E-state index contributed by atoms with van der Waals surface area (Å²) < 4.78 is 6.24. The summed E-state index contributed by atoms with van der Waals surface area (Å²) in [6, 6.07) is 3.96. The van der Waals surface area contributed by atoms with Crippen LogP contribution in [0.5, 0.6) is 0 Å². The van der Waals surface area contributed by atoms with Crippen LogP contribution in [-0.4, -0.2) is 49.3 Å². The van der Waals surface area contributed by atoms with Gasteiger partial charge in [0, 0.05) is 32.2 Å². The van der Waals surface area contributed by atoms with Crippen molar-refractivity contribution in [1.29, 1.82) is 0 Å². The van der Waals surface area contributed by atoms with E-state index in [1.54, 1.807) is 6.07 Å². The first-order chi connectivity index (χ1) is 11.1. The lowest BCUT2D eigenvalue weighted by Gasteiger charge is -2.25. The van der Waals surface area contributed by atoms with Gasteiger partial charge in [-0.3, -0.25) is 10.1 Å². The summed E-state index contributed by atoms with van der Waals surface area (Å²) >= 11 is 1.52. The molecule has 0 atom stereocenters. The first-order valence-electron chi connectivity index (χ1n) is 7.78. The quantitative estimate of drug-likeness (QED) is 0.632. The van der Waals surface area contributed by atoms with Crippen LogP contribution >= 0.6 is 11.3 Å². The molecule has 1 aromatic carbocycles. The zero-order valence-corrected chi connectivity index (χ0v) is 13.7. The first kappa shape index (κ1) is 14.6. The lowest BCUT2D eigenvalue weighted by atomic mass is 10.2. The number of thiazole rings is 1. The Bertz CT molecular complexity index is 753. The van der Waals surface area contributed by atoms with E-state index in [0.29, 0.717) is 24.9 Å². The molecule has 1 aliphatic heterocycles. The lowest BCUT2D eigenvalue weighted by Crippen LogP contribution is -2.36. The Labute approximate surface area is 137 Å². The molecule has 23 heavy (non-hydrogen) atoms. The van der Waals surface area contributed by atoms with E-state index < -0.39 is 0 Å². The number of hydrogen-bond acceptors (Lipinski definition) is 7. The molecule has 2 fully saturated rings. The number of rotatable bonds is 4. The fourth-order valence-corrected chi connectivity index (χ4v) is 3.95. The highest BCUT2D eigenvalue weighted by atomic mass is 32.1. The summed E-state index contributed by atoms with van der Waals surface area (Å²) in [6.45, 7) is 3.03. The topological polar surface area (TPSA) is 71.7 Å². The number of nitro groups is 1. The van der Waals surface area contributed by atoms with Crippen LogP contribution in [0.3, 0.4) is 0 Å². The van der Waals surface area contributed by atoms with E-state index >= 15 is 0 Å². The molecule has 1 aromatic heterocycles. The predicted octanol–water partition coefficient (Wildman–Crippen LogP) is 2.64. The number of anilines is 2. The molecule has 0 unspecified atom stereocenters. The van der Waals surface area contributed by atoms with Crippen molar-refractivity contribution in [1.82, 2.24) is 4.98 Å². The fourth-order valence-electron chi connectivity index (χ4n) is 2.92. The maximum Gasteiger partial charge on any atom is 0.294 e. The Morgan fingerprint density at radius 1 is 1.39 bits per heavy atom. The van der Waals surface area contributed by atoms with E-state index in [2.05, 4.69) is 4.90 Å². The molecule has 122 valence electrons. The van der Waals surface area contributed by atoms with Gasteiger partial charge in [-0.05, 0) is 18.9 Å². The zero-order valence-electron chi connectivity index (χ0n) is 12.9. The molecule has 1 saturated carbocycles. The SMILES string of the molecule is CN(c1cc2nc(N3CCOCC3)sc2cc1[N+](=O)[O-])C1CC1. The normalized spacial score (nSPS) is 18.4. The predicted molar refractivity (Wildman–Crippen MR) is 90.7 cm³/mol. The van der Waals surface area contributed by atoms with Gasteiger partial charge in [0.15, 0.2) is 5.13 Å². The number of benzene rings is 1. The second-order valence-corrected chi connectivity index (χ2v) is 7.01. The average molecular weight is 334 g/mol. The summed E-state index contributed by atoms with van der Waals surface area (Å²) in [5.74, 6) is 0. The van der Waals surface area contributed by atoms with E-state index in [4.69, 9.17) is 9.72 Å². The van der Waals surface area contributed by atoms with Crippen molar-refractivity contribution >= 4 is 38.1 Å². The monoisotopic (exact) mass is 334 g/mol. The Morgan fingerprint density at radius 3 is 2.78 bits per heavy atom. The van der Waals surface area contributed by atoms with E-state index in [0.717, 1.165) is 41.3 Å². The number of morpholine rings is 1. The van der Waals surface area contributed by atoms with Crippen molar-refractivity contribution < 1.29 is 9.66 Å². The largest absolute Gasteiger partial charge is 0.378 e. The van der Waals surface area contributed by atoms with Crippen molar-refractivity contribution in [2.75, 3.05) is 43.2 Å². The van der Waals surface area contributed by atoms with Crippen LogP contribution in [0.2, 0.25) is 0 Å². The molecule has 0 bridgehead atoms. The molecule has 4 rings (SSSR count). The van der Waals surface area contributed by atoms with Crippen molar-refractivity contribution in [3.8, 4) is 0 Å². The lowest BCUT2D eigenvalue weighted by molar-refractivity contribution is -0.384. The minimum Gasteiger partial charge on any atom is -0.378 e. The standard InChI is InChI=1S/C15H18N4O3S/c1-17(10-2-3-10)12-8-11-14(9-13(12)19(20)21)23-15(16-11)18-4-6-22-7-5-18/h8-10H,2-7H2,1H3. The third-order valence-electron chi connectivity index (χ3n) is 4.43. The van der Waals surface area contributed by atoms with E-state index in [1.165, 1.54) is 11.3 Å². The second kappa shape index (κ2) is 5.61. The third kappa shape index (κ3) is 2.72. The zero-order chi connectivity index (χ0) is 16.0. The van der Waals surface area contributed by atoms with Gasteiger partial charge in [0.05, 0.1) is 28.4 Å². The van der Waals surface area contributed by atoms with Gasteiger partial charge in [-0.2, -0.15) is 0 Å². The number of fused-ring (bicyclic) bond motifs is 1. The molecule has 2 heterocycles. The molecule has 2 aromatic rings. The molecular formula is C15H18N4O3S. The van der Waals surface area contributed by atoms with Crippen LogP contribution in [0.4, 0.5) is 16.5 Å². The molecule has 8 heteroatoms. The molecule has 0 spiro atoms. The molecule has 0 radical (unpaired) electrons. The summed E-state index contributed by atoms with van der Waals surface area (Å²) in [6.07, 6.45) is 2.20. The Balaban J connectivity index is 1.76. The minimum atomic E-state index is -0.290. The smallest absolute Gasteiger partial charge is 0.294 e. The summed E-state index contributed by atoms with van der Waals surface area (Å²) in [5, 5.41) is 12.4. The average Bonchev–Trinajstić information content (AvgIpc) is 3.32. The molecule has 2 aliphatic rings. The maximum absolute atomic E-state index is 11.5. The molecular weight excluding hydrogens is 316 g/mol. The summed E-state index contributed by atoms with van der Waals surface area (Å²) in [7, 11) is 1.93. The summed E-state index contributed by atoms with van der Waals surface area (Å²) in [4.78, 5) is 20.1. The van der Waals surface area contributed by atoms with Gasteiger partial charge in [0.1, 0.15) is 5.69 Å². The van der Waals surface area contributed by atoms with Gasteiger partial charge in [-0.25, -0.2) is 4.98 Å². The van der Waals surface area contributed by atoms with E-state index in [-0.39, 0.29) is 10.6 Å². The molecule has 1 saturated heterocycles. The van der Waals surface area contributed by atoms with Crippen LogP contribution in [0.15, 0.2) is 12.1 Å². The number of aromatic nitrogens is 1. The van der Waals surface area contributed by atoms with E-state index in [1.807, 2.05) is 18.0 Å². The maximum atomic E-state index is 11.5. The molecule has 1 aliphatic carbocycles. The number of nitro benzene ring substituents is 1. The van der Waals surface area contributed by atoms with Gasteiger partial charge >= 0.3 is 0 Å². The minimum absolute atomic E-state index is 0.170. The van der Waals surface area contributed by atoms with Gasteiger partial charge < -0.3 is 14.5 Å². The second-order valence-electron chi connectivity index (χ2n) is 6.00. The van der Waals surface area contributed by atoms with Crippen molar-refractivity contribution in [2.24, 2.45) is 0 Å². The van der Waals surface area contributed by atoms with E-state index in [9.17, 15) is 10.1 Å². The van der Waals surface area contributed by atoms with Crippen LogP contribution in [0.25, 0.3) is 10.2 Å². The number of hydrogen-bond donors (Lipinski definition) is 0. The van der Waals surface area contributed by atoms with Crippen LogP contribution in [0, 0.1) is 10.1 Å².